The Morgan fingerprint density at radius 2 is 1.83 bits per heavy atom. The van der Waals surface area contributed by atoms with E-state index in [1.165, 1.54) is 0 Å². The first-order valence-electron chi connectivity index (χ1n) is 6.73. The number of carbonyl (C=O) groups excluding carboxylic acids is 1. The molecule has 3 atom stereocenters. The summed E-state index contributed by atoms with van der Waals surface area (Å²) in [5, 5.41) is 12.3. The highest BCUT2D eigenvalue weighted by molar-refractivity contribution is 5.79. The van der Waals surface area contributed by atoms with Crippen molar-refractivity contribution in [1.29, 1.82) is 0 Å². The molecule has 0 rings (SSSR count). The number of hydrogen-bond donors (Lipinski definition) is 3. The Bertz CT molecular complexity index is 269. The predicted molar refractivity (Wildman–Crippen MR) is 71.1 cm³/mol. The molecule has 106 valence electrons. The van der Waals surface area contributed by atoms with Gasteiger partial charge in [-0.15, -0.1) is 0 Å². The second-order valence-electron chi connectivity index (χ2n) is 4.67. The van der Waals surface area contributed by atoms with Crippen LogP contribution >= 0.6 is 0 Å². The molecule has 2 unspecified atom stereocenters. The van der Waals surface area contributed by atoms with Gasteiger partial charge in [-0.3, -0.25) is 9.59 Å². The molecule has 1 amide bonds. The van der Waals surface area contributed by atoms with Crippen LogP contribution < -0.4 is 11.1 Å². The summed E-state index contributed by atoms with van der Waals surface area (Å²) < 4.78 is 0. The first-order chi connectivity index (χ1) is 8.47. The van der Waals surface area contributed by atoms with Gasteiger partial charge in [0.2, 0.25) is 5.91 Å². The minimum atomic E-state index is -0.759. The van der Waals surface area contributed by atoms with Crippen LogP contribution in [0.25, 0.3) is 0 Å². The maximum absolute atomic E-state index is 11.2. The second-order valence-corrected chi connectivity index (χ2v) is 4.67. The van der Waals surface area contributed by atoms with Crippen LogP contribution in [-0.2, 0) is 9.59 Å². The zero-order valence-corrected chi connectivity index (χ0v) is 11.6. The van der Waals surface area contributed by atoms with Crippen LogP contribution in [0.1, 0.15) is 46.5 Å². The molecule has 0 aliphatic carbocycles. The van der Waals surface area contributed by atoms with Gasteiger partial charge in [-0.1, -0.05) is 27.2 Å². The van der Waals surface area contributed by atoms with Crippen LogP contribution in [-0.4, -0.2) is 29.6 Å². The lowest BCUT2D eigenvalue weighted by Crippen LogP contribution is -2.44. The van der Waals surface area contributed by atoms with Gasteiger partial charge in [0.25, 0.3) is 0 Å². The summed E-state index contributed by atoms with van der Waals surface area (Å²) in [6, 6.07) is -0.365. The normalized spacial score (nSPS) is 15.9. The van der Waals surface area contributed by atoms with Gasteiger partial charge in [-0.25, -0.2) is 0 Å². The highest BCUT2D eigenvalue weighted by atomic mass is 16.4. The number of hydrogen-bond acceptors (Lipinski definition) is 3. The van der Waals surface area contributed by atoms with Gasteiger partial charge in [-0.05, 0) is 31.7 Å². The Hall–Kier alpha value is -1.10. The molecule has 18 heavy (non-hydrogen) atoms. The number of amides is 1. The number of rotatable bonds is 10. The quantitative estimate of drug-likeness (QED) is 0.551. The van der Waals surface area contributed by atoms with Gasteiger partial charge < -0.3 is 16.2 Å². The van der Waals surface area contributed by atoms with Gasteiger partial charge in [0.1, 0.15) is 0 Å². The summed E-state index contributed by atoms with van der Waals surface area (Å²) in [7, 11) is 0. The topological polar surface area (TPSA) is 92.4 Å². The first kappa shape index (κ1) is 16.9. The van der Waals surface area contributed by atoms with Crippen molar-refractivity contribution in [3.8, 4) is 0 Å². The van der Waals surface area contributed by atoms with Crippen molar-refractivity contribution in [1.82, 2.24) is 5.32 Å². The molecule has 0 fully saturated rings. The monoisotopic (exact) mass is 258 g/mol. The number of aliphatic carboxylic acids is 1. The van der Waals surface area contributed by atoms with E-state index in [1.807, 2.05) is 20.8 Å². The molecule has 4 N–H and O–H groups in total. The number of carboxylic acids is 1. The SMILES string of the molecule is CCCC(CN[C@@H](CC)C(N)=O)C(CC)C(=O)O. The molecule has 0 aliphatic heterocycles. The zero-order chi connectivity index (χ0) is 14.1. The number of primary amides is 1. The lowest BCUT2D eigenvalue weighted by Gasteiger charge is -2.25. The molecular formula is C13H26N2O3. The van der Waals surface area contributed by atoms with Gasteiger partial charge in [-0.2, -0.15) is 0 Å². The third kappa shape index (κ3) is 5.49. The molecule has 0 bridgehead atoms. The molecule has 0 heterocycles. The number of nitrogens with two attached hydrogens (primary N) is 1. The van der Waals surface area contributed by atoms with Crippen LogP contribution in [0.5, 0.6) is 0 Å². The molecule has 0 aromatic rings. The van der Waals surface area contributed by atoms with Crippen LogP contribution in [0.4, 0.5) is 0 Å². The third-order valence-corrected chi connectivity index (χ3v) is 3.36. The average molecular weight is 258 g/mol. The Kier molecular flexibility index (Phi) is 8.37. The second kappa shape index (κ2) is 8.91. The number of nitrogens with one attached hydrogen (secondary N) is 1. The van der Waals surface area contributed by atoms with Gasteiger partial charge in [0.05, 0.1) is 12.0 Å². The molecule has 0 saturated carbocycles. The Balaban J connectivity index is 4.51. The van der Waals surface area contributed by atoms with Crippen molar-refractivity contribution in [3.05, 3.63) is 0 Å². The summed E-state index contributed by atoms with van der Waals surface area (Å²) in [5.74, 6) is -1.45. The Labute approximate surface area is 109 Å². The maximum Gasteiger partial charge on any atom is 0.306 e. The van der Waals surface area contributed by atoms with Crippen LogP contribution in [0.3, 0.4) is 0 Å². The van der Waals surface area contributed by atoms with Gasteiger partial charge >= 0.3 is 5.97 Å². The highest BCUT2D eigenvalue weighted by Gasteiger charge is 2.26. The smallest absolute Gasteiger partial charge is 0.306 e. The van der Waals surface area contributed by atoms with Crippen molar-refractivity contribution >= 4 is 11.9 Å². The van der Waals surface area contributed by atoms with E-state index in [0.29, 0.717) is 19.4 Å². The molecule has 5 heteroatoms. The standard InChI is InChI=1S/C13H26N2O3/c1-4-7-9(10(5-2)13(17)18)8-15-11(6-3)12(14)16/h9-11,15H,4-8H2,1-3H3,(H2,14,16)(H,17,18)/t9?,10?,11-/m0/s1. The summed E-state index contributed by atoms with van der Waals surface area (Å²) in [4.78, 5) is 22.3. The lowest BCUT2D eigenvalue weighted by molar-refractivity contribution is -0.143. The van der Waals surface area contributed by atoms with Crippen molar-refractivity contribution in [3.63, 3.8) is 0 Å². The largest absolute Gasteiger partial charge is 0.481 e. The number of carboxylic acid groups (broad SMARTS) is 1. The van der Waals surface area contributed by atoms with Crippen molar-refractivity contribution in [2.45, 2.75) is 52.5 Å². The van der Waals surface area contributed by atoms with Crippen LogP contribution in [0, 0.1) is 11.8 Å². The van der Waals surface area contributed by atoms with E-state index >= 15 is 0 Å². The van der Waals surface area contributed by atoms with E-state index < -0.39 is 5.97 Å². The molecule has 0 aliphatic rings. The lowest BCUT2D eigenvalue weighted by atomic mass is 9.86. The molecule has 0 spiro atoms. The minimum absolute atomic E-state index is 0.0471. The van der Waals surface area contributed by atoms with E-state index in [-0.39, 0.29) is 23.8 Å². The van der Waals surface area contributed by atoms with Crippen molar-refractivity contribution in [2.24, 2.45) is 17.6 Å². The molecule has 5 nitrogen and oxygen atoms in total. The van der Waals surface area contributed by atoms with Crippen LogP contribution in [0.2, 0.25) is 0 Å². The molecule has 0 saturated heterocycles. The summed E-state index contributed by atoms with van der Waals surface area (Å²) >= 11 is 0. The fraction of sp³-hybridized carbons (Fsp3) is 0.846. The van der Waals surface area contributed by atoms with Gasteiger partial charge in [0, 0.05) is 0 Å². The third-order valence-electron chi connectivity index (χ3n) is 3.36. The first-order valence-corrected chi connectivity index (χ1v) is 6.73. The zero-order valence-electron chi connectivity index (χ0n) is 11.6. The molecule has 0 radical (unpaired) electrons. The minimum Gasteiger partial charge on any atom is -0.481 e. The highest BCUT2D eigenvalue weighted by Crippen LogP contribution is 2.21. The van der Waals surface area contributed by atoms with Gasteiger partial charge in [0.15, 0.2) is 0 Å². The van der Waals surface area contributed by atoms with E-state index in [0.717, 1.165) is 12.8 Å². The Morgan fingerprint density at radius 3 is 2.17 bits per heavy atom. The van der Waals surface area contributed by atoms with Crippen molar-refractivity contribution in [2.75, 3.05) is 6.54 Å². The maximum atomic E-state index is 11.2. The summed E-state index contributed by atoms with van der Waals surface area (Å²) in [6.07, 6.45) is 3.00. The molecular weight excluding hydrogens is 232 g/mol. The fourth-order valence-electron chi connectivity index (χ4n) is 2.27. The van der Waals surface area contributed by atoms with Crippen LogP contribution in [0.15, 0.2) is 0 Å². The molecule has 0 aromatic carbocycles. The van der Waals surface area contributed by atoms with E-state index in [9.17, 15) is 14.7 Å². The van der Waals surface area contributed by atoms with E-state index in [2.05, 4.69) is 5.32 Å². The molecule has 0 aromatic heterocycles. The fourth-order valence-corrected chi connectivity index (χ4v) is 2.27. The number of carbonyl (C=O) groups is 2. The van der Waals surface area contributed by atoms with E-state index in [4.69, 9.17) is 5.73 Å². The Morgan fingerprint density at radius 1 is 1.22 bits per heavy atom. The van der Waals surface area contributed by atoms with Crippen molar-refractivity contribution < 1.29 is 14.7 Å². The van der Waals surface area contributed by atoms with E-state index in [1.54, 1.807) is 0 Å². The average Bonchev–Trinajstić information content (AvgIpc) is 2.29. The summed E-state index contributed by atoms with van der Waals surface area (Å²) in [6.45, 7) is 6.33. The predicted octanol–water partition coefficient (Wildman–Crippen LogP) is 1.37. The summed E-state index contributed by atoms with van der Waals surface area (Å²) in [5.41, 5.74) is 5.26.